The number of alkyl halides is 1. The number of carbonyl (C=O) groups is 1. The summed E-state index contributed by atoms with van der Waals surface area (Å²) < 4.78 is 0.674. The normalized spacial score (nSPS) is 10.9. The molecule has 0 amide bonds. The zero-order valence-corrected chi connectivity index (χ0v) is 16.0. The Balaban J connectivity index is 0.000000789. The number of aromatic amines is 1. The third-order valence-corrected chi connectivity index (χ3v) is 3.25. The average molecular weight is 389 g/mol. The molecule has 3 nitrogen and oxygen atoms in total. The van der Waals surface area contributed by atoms with Gasteiger partial charge < -0.3 is 4.98 Å². The van der Waals surface area contributed by atoms with Gasteiger partial charge in [0, 0.05) is 21.5 Å². The number of hydrogen-bond acceptors (Lipinski definition) is 2. The maximum absolute atomic E-state index is 11.8. The highest BCUT2D eigenvalue weighted by atomic mass is 79.9. The highest BCUT2D eigenvalue weighted by molar-refractivity contribution is 9.10. The van der Waals surface area contributed by atoms with Crippen LogP contribution in [0.2, 0.25) is 0 Å². The van der Waals surface area contributed by atoms with E-state index in [9.17, 15) is 9.59 Å². The van der Waals surface area contributed by atoms with Crippen LogP contribution in [0.15, 0.2) is 33.5 Å². The van der Waals surface area contributed by atoms with Crippen LogP contribution in [0.4, 0.5) is 0 Å². The molecule has 1 unspecified atom stereocenters. The number of aromatic nitrogens is 1. The summed E-state index contributed by atoms with van der Waals surface area (Å²) in [6.07, 6.45) is 1.25. The molecule has 122 valence electrons. The maximum Gasteiger partial charge on any atom is 0.248 e. The molecule has 0 radical (unpaired) electrons. The molecule has 22 heavy (non-hydrogen) atoms. The van der Waals surface area contributed by atoms with Crippen molar-refractivity contribution in [3.05, 3.63) is 44.7 Å². The lowest BCUT2D eigenvalue weighted by molar-refractivity contribution is 0.0992. The van der Waals surface area contributed by atoms with Crippen molar-refractivity contribution in [2.45, 2.75) is 46.4 Å². The van der Waals surface area contributed by atoms with E-state index in [2.05, 4.69) is 34.8 Å². The fourth-order valence-electron chi connectivity index (χ4n) is 1.59. The van der Waals surface area contributed by atoms with E-state index in [-0.39, 0.29) is 11.3 Å². The third-order valence-electron chi connectivity index (χ3n) is 2.43. The fraction of sp³-hybridized carbons (Fsp3) is 0.412. The topological polar surface area (TPSA) is 49.9 Å². The van der Waals surface area contributed by atoms with Gasteiger partial charge in [-0.15, -0.1) is 11.6 Å². The predicted molar refractivity (Wildman–Crippen MR) is 99.2 cm³/mol. The Hall–Kier alpha value is -1.13. The molecule has 0 aliphatic rings. The van der Waals surface area contributed by atoms with Crippen LogP contribution in [0.5, 0.6) is 0 Å². The number of pyridine rings is 1. The summed E-state index contributed by atoms with van der Waals surface area (Å²) in [5.41, 5.74) is 1.03. The quantitative estimate of drug-likeness (QED) is 0.542. The van der Waals surface area contributed by atoms with Crippen LogP contribution < -0.4 is 5.56 Å². The standard InChI is InChI=1S/C12H9BrClNO2.C3H8.C2H6/c1-6(14)12(17)8-4-7-2-3-10(16)15-11(7)9(13)5-8;1-3-2;1-2/h2-6H,1H3,(H,15,16);3H2,1-2H3;1-2H3. The van der Waals surface area contributed by atoms with Gasteiger partial charge in [-0.1, -0.05) is 34.1 Å². The van der Waals surface area contributed by atoms with Gasteiger partial charge in [-0.2, -0.15) is 0 Å². The molecule has 0 aliphatic heterocycles. The SMILES string of the molecule is CC.CC(Cl)C(=O)c1cc(Br)c2[nH]c(=O)ccc2c1.CCC. The lowest BCUT2D eigenvalue weighted by Crippen LogP contribution is -2.11. The number of nitrogens with one attached hydrogen (secondary N) is 1. The number of carbonyl (C=O) groups excluding carboxylic acids is 1. The molecule has 0 fully saturated rings. The highest BCUT2D eigenvalue weighted by Gasteiger charge is 2.14. The molecular weight excluding hydrogens is 366 g/mol. The van der Waals surface area contributed by atoms with Gasteiger partial charge >= 0.3 is 0 Å². The van der Waals surface area contributed by atoms with Gasteiger partial charge in [0.25, 0.3) is 0 Å². The first-order chi connectivity index (χ1) is 10.4. The van der Waals surface area contributed by atoms with Gasteiger partial charge in [0.1, 0.15) is 0 Å². The van der Waals surface area contributed by atoms with E-state index in [1.54, 1.807) is 25.1 Å². The van der Waals surface area contributed by atoms with E-state index >= 15 is 0 Å². The summed E-state index contributed by atoms with van der Waals surface area (Å²) in [4.78, 5) is 25.7. The van der Waals surface area contributed by atoms with Crippen LogP contribution in [0.25, 0.3) is 10.9 Å². The number of hydrogen-bond donors (Lipinski definition) is 1. The molecule has 1 atom stereocenters. The molecule has 0 aliphatic carbocycles. The van der Waals surface area contributed by atoms with Gasteiger partial charge in [0.05, 0.1) is 10.9 Å². The molecule has 2 rings (SSSR count). The molecule has 0 saturated heterocycles. The first-order valence-corrected chi connectivity index (χ1v) is 8.64. The van der Waals surface area contributed by atoms with E-state index in [4.69, 9.17) is 11.6 Å². The van der Waals surface area contributed by atoms with Crippen molar-refractivity contribution in [3.63, 3.8) is 0 Å². The average Bonchev–Trinajstić information content (AvgIpc) is 2.49. The van der Waals surface area contributed by atoms with Crippen molar-refractivity contribution in [1.82, 2.24) is 4.98 Å². The lowest BCUT2D eigenvalue weighted by Gasteiger charge is -2.06. The minimum absolute atomic E-state index is 0.138. The van der Waals surface area contributed by atoms with Gasteiger partial charge in [-0.05, 0) is 41.1 Å². The smallest absolute Gasteiger partial charge is 0.248 e. The van der Waals surface area contributed by atoms with E-state index < -0.39 is 5.38 Å². The second-order valence-electron chi connectivity index (χ2n) is 4.43. The molecule has 1 aromatic heterocycles. The Labute approximate surface area is 145 Å². The van der Waals surface area contributed by atoms with Crippen LogP contribution in [0.3, 0.4) is 0 Å². The van der Waals surface area contributed by atoms with Crippen molar-refractivity contribution in [3.8, 4) is 0 Å². The second kappa shape index (κ2) is 10.6. The van der Waals surface area contributed by atoms with Crippen LogP contribution in [-0.2, 0) is 0 Å². The number of fused-ring (bicyclic) bond motifs is 1. The zero-order chi connectivity index (χ0) is 17.3. The van der Waals surface area contributed by atoms with Crippen LogP contribution in [-0.4, -0.2) is 16.1 Å². The van der Waals surface area contributed by atoms with Crippen LogP contribution in [0, 0.1) is 0 Å². The zero-order valence-electron chi connectivity index (χ0n) is 13.7. The molecule has 1 heterocycles. The molecule has 0 saturated carbocycles. The lowest BCUT2D eigenvalue weighted by atomic mass is 10.1. The van der Waals surface area contributed by atoms with Crippen molar-refractivity contribution >= 4 is 44.2 Å². The summed E-state index contributed by atoms with van der Waals surface area (Å²) in [7, 11) is 0. The monoisotopic (exact) mass is 387 g/mol. The Kier molecular flexibility index (Phi) is 10.0. The van der Waals surface area contributed by atoms with Gasteiger partial charge in [-0.25, -0.2) is 0 Å². The first kappa shape index (κ1) is 20.9. The number of Topliss-reactive ketones (excluding diaryl/α,β-unsaturated/α-hetero) is 1. The van der Waals surface area contributed by atoms with Crippen molar-refractivity contribution in [2.75, 3.05) is 0 Å². The Bertz CT molecular complexity index is 665. The third kappa shape index (κ3) is 5.93. The van der Waals surface area contributed by atoms with Gasteiger partial charge in [0.15, 0.2) is 5.78 Å². The van der Waals surface area contributed by atoms with Crippen molar-refractivity contribution in [2.24, 2.45) is 0 Å². The number of H-pyrrole nitrogens is 1. The van der Waals surface area contributed by atoms with E-state index in [0.717, 1.165) is 5.39 Å². The number of benzene rings is 1. The molecule has 2 aromatic rings. The summed E-state index contributed by atoms with van der Waals surface area (Å²) in [6, 6.07) is 6.48. The van der Waals surface area contributed by atoms with Crippen LogP contribution >= 0.6 is 27.5 Å². The van der Waals surface area contributed by atoms with Gasteiger partial charge in [0.2, 0.25) is 5.56 Å². The van der Waals surface area contributed by atoms with E-state index in [1.165, 1.54) is 12.5 Å². The molecule has 0 spiro atoms. The van der Waals surface area contributed by atoms with E-state index in [0.29, 0.717) is 15.6 Å². The molecule has 5 heteroatoms. The van der Waals surface area contributed by atoms with Gasteiger partial charge in [-0.3, -0.25) is 9.59 Å². The fourth-order valence-corrected chi connectivity index (χ4v) is 2.29. The summed E-state index contributed by atoms with van der Waals surface area (Å²) in [5, 5.41) is 0.224. The number of ketones is 1. The summed E-state index contributed by atoms with van der Waals surface area (Å²) in [5.74, 6) is -0.138. The van der Waals surface area contributed by atoms with Crippen LogP contribution in [0.1, 0.15) is 51.4 Å². The minimum Gasteiger partial charge on any atom is -0.321 e. The Morgan fingerprint density at radius 1 is 1.27 bits per heavy atom. The second-order valence-corrected chi connectivity index (χ2v) is 5.94. The Morgan fingerprint density at radius 3 is 2.32 bits per heavy atom. The predicted octanol–water partition coefficient (Wildman–Crippen LogP) is 5.54. The molecule has 1 aromatic carbocycles. The van der Waals surface area contributed by atoms with Crippen molar-refractivity contribution < 1.29 is 4.79 Å². The highest BCUT2D eigenvalue weighted by Crippen LogP contribution is 2.24. The van der Waals surface area contributed by atoms with E-state index in [1.807, 2.05) is 13.8 Å². The Morgan fingerprint density at radius 2 is 1.82 bits per heavy atom. The minimum atomic E-state index is -0.567. The number of halogens is 2. The molecule has 0 bridgehead atoms. The largest absolute Gasteiger partial charge is 0.321 e. The number of rotatable bonds is 2. The molecule has 1 N–H and O–H groups in total. The maximum atomic E-state index is 11.8. The molecular formula is C17H23BrClNO2. The summed E-state index contributed by atoms with van der Waals surface area (Å²) >= 11 is 9.10. The first-order valence-electron chi connectivity index (χ1n) is 7.41. The summed E-state index contributed by atoms with van der Waals surface area (Å²) in [6.45, 7) is 9.88. The van der Waals surface area contributed by atoms with Crippen molar-refractivity contribution in [1.29, 1.82) is 0 Å².